The minimum atomic E-state index is -0.538. The molecular formula is C45H82O5. The summed E-state index contributed by atoms with van der Waals surface area (Å²) in [5.41, 5.74) is 0. The second-order valence-corrected chi connectivity index (χ2v) is 14.2. The molecule has 0 spiro atoms. The summed E-state index contributed by atoms with van der Waals surface area (Å²) in [6.45, 7) is 7.65. The monoisotopic (exact) mass is 703 g/mol. The van der Waals surface area contributed by atoms with Gasteiger partial charge in [-0.1, -0.05) is 186 Å². The van der Waals surface area contributed by atoms with Crippen LogP contribution in [0.1, 0.15) is 213 Å². The third-order valence-electron chi connectivity index (χ3n) is 9.19. The minimum Gasteiger partial charge on any atom is -0.462 e. The van der Waals surface area contributed by atoms with Crippen LogP contribution >= 0.6 is 0 Å². The number of hydrogen-bond donors (Lipinski definition) is 0. The smallest absolute Gasteiger partial charge is 0.306 e. The lowest BCUT2D eigenvalue weighted by Gasteiger charge is -2.18. The van der Waals surface area contributed by atoms with Gasteiger partial charge in [-0.3, -0.25) is 9.59 Å². The SMILES string of the molecule is CC/C=C\C/C=C\C/C=C\CCCCCCOCC(COC(=O)CCCCCCCCCCCCC)OC(=O)CCCCCCCCCCC. The van der Waals surface area contributed by atoms with E-state index in [2.05, 4.69) is 57.2 Å². The predicted molar refractivity (Wildman–Crippen MR) is 215 cm³/mol. The van der Waals surface area contributed by atoms with Crippen LogP contribution in [0.15, 0.2) is 36.5 Å². The van der Waals surface area contributed by atoms with Gasteiger partial charge in [0, 0.05) is 19.4 Å². The first-order valence-corrected chi connectivity index (χ1v) is 21.5. The van der Waals surface area contributed by atoms with Crippen molar-refractivity contribution in [2.45, 2.75) is 219 Å². The number of esters is 2. The zero-order chi connectivity index (χ0) is 36.4. The topological polar surface area (TPSA) is 61.8 Å². The van der Waals surface area contributed by atoms with E-state index in [4.69, 9.17) is 14.2 Å². The van der Waals surface area contributed by atoms with E-state index in [1.54, 1.807) is 0 Å². The van der Waals surface area contributed by atoms with E-state index < -0.39 is 6.10 Å². The van der Waals surface area contributed by atoms with E-state index in [0.29, 0.717) is 19.4 Å². The van der Waals surface area contributed by atoms with Gasteiger partial charge in [0.05, 0.1) is 6.61 Å². The van der Waals surface area contributed by atoms with Crippen molar-refractivity contribution in [2.75, 3.05) is 19.8 Å². The van der Waals surface area contributed by atoms with E-state index >= 15 is 0 Å². The summed E-state index contributed by atoms with van der Waals surface area (Å²) in [4.78, 5) is 25.1. The van der Waals surface area contributed by atoms with Gasteiger partial charge >= 0.3 is 11.9 Å². The fourth-order valence-electron chi connectivity index (χ4n) is 5.99. The third-order valence-corrected chi connectivity index (χ3v) is 9.19. The van der Waals surface area contributed by atoms with Crippen molar-refractivity contribution in [3.63, 3.8) is 0 Å². The molecule has 0 aliphatic carbocycles. The second-order valence-electron chi connectivity index (χ2n) is 14.2. The molecule has 0 aromatic carbocycles. The first-order valence-electron chi connectivity index (χ1n) is 21.5. The molecule has 0 rings (SSSR count). The number of rotatable bonds is 39. The Kier molecular flexibility index (Phi) is 40.0. The summed E-state index contributed by atoms with van der Waals surface area (Å²) in [6.07, 6.45) is 47.1. The quantitative estimate of drug-likeness (QED) is 0.0362. The second kappa shape index (κ2) is 41.5. The predicted octanol–water partition coefficient (Wildman–Crippen LogP) is 13.9. The maximum Gasteiger partial charge on any atom is 0.306 e. The lowest BCUT2D eigenvalue weighted by atomic mass is 10.1. The molecule has 0 aliphatic heterocycles. The highest BCUT2D eigenvalue weighted by molar-refractivity contribution is 5.70. The summed E-state index contributed by atoms with van der Waals surface area (Å²) < 4.78 is 17.2. The Labute approximate surface area is 310 Å². The fourth-order valence-corrected chi connectivity index (χ4v) is 5.99. The van der Waals surface area contributed by atoms with Crippen molar-refractivity contribution in [2.24, 2.45) is 0 Å². The van der Waals surface area contributed by atoms with Crippen molar-refractivity contribution < 1.29 is 23.8 Å². The Hall–Kier alpha value is -1.88. The summed E-state index contributed by atoms with van der Waals surface area (Å²) in [5, 5.41) is 0. The molecule has 1 unspecified atom stereocenters. The van der Waals surface area contributed by atoms with Gasteiger partial charge in [-0.2, -0.15) is 0 Å². The molecule has 292 valence electrons. The molecule has 0 saturated heterocycles. The molecule has 0 aliphatic rings. The zero-order valence-corrected chi connectivity index (χ0v) is 33.4. The summed E-state index contributed by atoms with van der Waals surface area (Å²) in [5.74, 6) is -0.407. The van der Waals surface area contributed by atoms with Crippen LogP contribution in [0.2, 0.25) is 0 Å². The lowest BCUT2D eigenvalue weighted by molar-refractivity contribution is -0.163. The highest BCUT2D eigenvalue weighted by atomic mass is 16.6. The third kappa shape index (κ3) is 38.9. The number of carbonyl (C=O) groups excluding carboxylic acids is 2. The Bertz CT molecular complexity index is 801. The van der Waals surface area contributed by atoms with Crippen LogP contribution in [0.3, 0.4) is 0 Å². The number of unbranched alkanes of at least 4 members (excludes halogenated alkanes) is 22. The molecule has 1 atom stereocenters. The molecule has 5 heteroatoms. The van der Waals surface area contributed by atoms with Gasteiger partial charge in [-0.15, -0.1) is 0 Å². The molecule has 0 N–H and O–H groups in total. The van der Waals surface area contributed by atoms with E-state index in [9.17, 15) is 9.59 Å². The van der Waals surface area contributed by atoms with Crippen LogP contribution in [0, 0.1) is 0 Å². The van der Waals surface area contributed by atoms with Gasteiger partial charge in [-0.05, 0) is 51.4 Å². The van der Waals surface area contributed by atoms with Crippen LogP contribution < -0.4 is 0 Å². The van der Waals surface area contributed by atoms with Crippen molar-refractivity contribution in [3.05, 3.63) is 36.5 Å². The summed E-state index contributed by atoms with van der Waals surface area (Å²) in [6, 6.07) is 0. The maximum atomic E-state index is 12.6. The van der Waals surface area contributed by atoms with Crippen molar-refractivity contribution in [1.82, 2.24) is 0 Å². The maximum absolute atomic E-state index is 12.6. The van der Waals surface area contributed by atoms with Gasteiger partial charge in [0.2, 0.25) is 0 Å². The fraction of sp³-hybridized carbons (Fsp3) is 0.822. The van der Waals surface area contributed by atoms with Gasteiger partial charge in [0.1, 0.15) is 6.61 Å². The van der Waals surface area contributed by atoms with Gasteiger partial charge in [0.15, 0.2) is 6.10 Å². The largest absolute Gasteiger partial charge is 0.462 e. The molecule has 0 saturated carbocycles. The lowest BCUT2D eigenvalue weighted by Crippen LogP contribution is -2.30. The number of carbonyl (C=O) groups is 2. The first kappa shape index (κ1) is 48.1. The van der Waals surface area contributed by atoms with Gasteiger partial charge in [-0.25, -0.2) is 0 Å². The van der Waals surface area contributed by atoms with E-state index in [1.807, 2.05) is 0 Å². The Morgan fingerprint density at radius 2 is 0.900 bits per heavy atom. The van der Waals surface area contributed by atoms with Gasteiger partial charge in [0.25, 0.3) is 0 Å². The van der Waals surface area contributed by atoms with Gasteiger partial charge < -0.3 is 14.2 Å². The van der Waals surface area contributed by atoms with Crippen LogP contribution in [-0.2, 0) is 23.8 Å². The zero-order valence-electron chi connectivity index (χ0n) is 33.4. The molecule has 0 aromatic heterocycles. The van der Waals surface area contributed by atoms with Crippen LogP contribution in [0.4, 0.5) is 0 Å². The van der Waals surface area contributed by atoms with Crippen LogP contribution in [-0.4, -0.2) is 37.9 Å². The van der Waals surface area contributed by atoms with E-state index in [1.165, 1.54) is 116 Å². The summed E-state index contributed by atoms with van der Waals surface area (Å²) in [7, 11) is 0. The van der Waals surface area contributed by atoms with E-state index in [-0.39, 0.29) is 25.2 Å². The minimum absolute atomic E-state index is 0.0807. The Morgan fingerprint density at radius 1 is 0.460 bits per heavy atom. The highest BCUT2D eigenvalue weighted by Gasteiger charge is 2.17. The molecule has 0 bridgehead atoms. The normalized spacial score (nSPS) is 12.5. The number of ether oxygens (including phenoxy) is 3. The average molecular weight is 703 g/mol. The highest BCUT2D eigenvalue weighted by Crippen LogP contribution is 2.14. The first-order chi connectivity index (χ1) is 24.6. The van der Waals surface area contributed by atoms with Crippen LogP contribution in [0.5, 0.6) is 0 Å². The van der Waals surface area contributed by atoms with Crippen molar-refractivity contribution in [1.29, 1.82) is 0 Å². The van der Waals surface area contributed by atoms with Crippen molar-refractivity contribution in [3.8, 4) is 0 Å². The molecule has 0 aromatic rings. The molecule has 0 radical (unpaired) electrons. The van der Waals surface area contributed by atoms with Crippen LogP contribution in [0.25, 0.3) is 0 Å². The number of allylic oxidation sites excluding steroid dienone is 6. The standard InChI is InChI=1S/C45H82O5/c1-4-7-10-13-16-19-21-22-23-25-28-31-34-37-40-48-41-43(50-45(47)39-36-33-30-26-18-15-12-9-6-3)42-49-44(46)38-35-32-29-27-24-20-17-14-11-8-5-2/h7,10,16,19,22-23,43H,4-6,8-9,11-15,17-18,20-21,24-42H2,1-3H3/b10-7-,19-16-,23-22-. The average Bonchev–Trinajstić information content (AvgIpc) is 3.11. The molecule has 0 amide bonds. The van der Waals surface area contributed by atoms with Crippen molar-refractivity contribution >= 4 is 11.9 Å². The molecule has 5 nitrogen and oxygen atoms in total. The number of hydrogen-bond acceptors (Lipinski definition) is 5. The molecule has 0 heterocycles. The Morgan fingerprint density at radius 3 is 1.44 bits per heavy atom. The molecule has 50 heavy (non-hydrogen) atoms. The molecular weight excluding hydrogens is 620 g/mol. The molecule has 0 fully saturated rings. The Balaban J connectivity index is 4.25. The summed E-state index contributed by atoms with van der Waals surface area (Å²) >= 11 is 0. The van der Waals surface area contributed by atoms with E-state index in [0.717, 1.165) is 64.2 Å².